The van der Waals surface area contributed by atoms with E-state index in [-0.39, 0.29) is 13.2 Å². The Morgan fingerprint density at radius 3 is 2.26 bits per heavy atom. The van der Waals surface area contributed by atoms with Crippen LogP contribution in [0.4, 0.5) is 21.0 Å². The summed E-state index contributed by atoms with van der Waals surface area (Å²) < 4.78 is 9.09. The normalized spacial score (nSPS) is 9.63. The van der Waals surface area contributed by atoms with Crippen LogP contribution in [0.15, 0.2) is 18.2 Å². The smallest absolute Gasteiger partial charge is 0.411 e. The Morgan fingerprint density at radius 1 is 1.11 bits per heavy atom. The van der Waals surface area contributed by atoms with Gasteiger partial charge in [0.1, 0.15) is 0 Å². The first-order chi connectivity index (χ1) is 9.06. The van der Waals surface area contributed by atoms with Gasteiger partial charge in [0.05, 0.1) is 13.2 Å². The minimum Gasteiger partial charge on any atom is -0.449 e. The lowest BCUT2D eigenvalue weighted by Crippen LogP contribution is -2.16. The van der Waals surface area contributed by atoms with Crippen LogP contribution in [0, 0.1) is 20.8 Å². The Balaban J connectivity index is 2.76. The molecule has 0 bridgehead atoms. The number of nitrogens with one attached hydrogen (secondary N) is 2. The van der Waals surface area contributed by atoms with Gasteiger partial charge in [-0.25, -0.2) is 9.59 Å². The van der Waals surface area contributed by atoms with Crippen molar-refractivity contribution >= 4 is 23.6 Å². The number of aryl methyl sites for hydroxylation is 1. The van der Waals surface area contributed by atoms with Crippen molar-refractivity contribution in [2.24, 2.45) is 0 Å². The number of benzene rings is 1. The van der Waals surface area contributed by atoms with Gasteiger partial charge in [-0.3, -0.25) is 10.6 Å². The molecule has 0 aliphatic rings. The van der Waals surface area contributed by atoms with Gasteiger partial charge in [-0.2, -0.15) is 0 Å². The molecule has 2 amide bonds. The maximum Gasteiger partial charge on any atom is 0.411 e. The monoisotopic (exact) mass is 262 g/mol. The molecule has 1 aromatic carbocycles. The summed E-state index contributed by atoms with van der Waals surface area (Å²) in [6.07, 6.45) is -1.35. The molecule has 1 rings (SSSR count). The van der Waals surface area contributed by atoms with Crippen LogP contribution in [0.25, 0.3) is 0 Å². The van der Waals surface area contributed by atoms with E-state index in [1.54, 1.807) is 25.1 Å². The van der Waals surface area contributed by atoms with Crippen LogP contribution in [0.3, 0.4) is 0 Å². The molecule has 4 radical (unpaired) electrons. The van der Waals surface area contributed by atoms with Crippen molar-refractivity contribution < 1.29 is 19.1 Å². The van der Waals surface area contributed by atoms with Gasteiger partial charge in [-0.05, 0) is 24.6 Å². The van der Waals surface area contributed by atoms with Crippen LogP contribution in [0.5, 0.6) is 0 Å². The molecule has 0 heterocycles. The second kappa shape index (κ2) is 7.25. The van der Waals surface area contributed by atoms with E-state index in [2.05, 4.69) is 20.1 Å². The van der Waals surface area contributed by atoms with Gasteiger partial charge < -0.3 is 9.47 Å². The van der Waals surface area contributed by atoms with E-state index in [1.807, 2.05) is 0 Å². The van der Waals surface area contributed by atoms with Crippen LogP contribution in [0.1, 0.15) is 5.56 Å². The molecule has 6 nitrogen and oxygen atoms in total. The largest absolute Gasteiger partial charge is 0.449 e. The van der Waals surface area contributed by atoms with Crippen LogP contribution >= 0.6 is 0 Å². The van der Waals surface area contributed by atoms with Gasteiger partial charge in [0.15, 0.2) is 0 Å². The molecular formula is C13H14N2O4. The maximum atomic E-state index is 11.3. The van der Waals surface area contributed by atoms with E-state index in [1.165, 1.54) is 0 Å². The van der Waals surface area contributed by atoms with Crippen molar-refractivity contribution in [2.45, 2.75) is 6.92 Å². The maximum absolute atomic E-state index is 11.3. The molecule has 0 saturated heterocycles. The molecule has 0 aliphatic heterocycles. The summed E-state index contributed by atoms with van der Waals surface area (Å²) in [7, 11) is 0. The fourth-order valence-electron chi connectivity index (χ4n) is 1.29. The van der Waals surface area contributed by atoms with Gasteiger partial charge >= 0.3 is 12.2 Å². The molecule has 0 unspecified atom stereocenters. The summed E-state index contributed by atoms with van der Waals surface area (Å²) in [6.45, 7) is 11.5. The third kappa shape index (κ3) is 4.87. The molecule has 2 N–H and O–H groups in total. The first-order valence-electron chi connectivity index (χ1n) is 5.45. The summed E-state index contributed by atoms with van der Waals surface area (Å²) in [5.41, 5.74) is 1.74. The van der Waals surface area contributed by atoms with Gasteiger partial charge in [0, 0.05) is 25.2 Å². The Hall–Kier alpha value is -2.24. The number of amides is 2. The van der Waals surface area contributed by atoms with E-state index in [0.29, 0.717) is 11.4 Å². The Kier molecular flexibility index (Phi) is 5.66. The molecule has 0 aliphatic carbocycles. The zero-order chi connectivity index (χ0) is 14.3. The molecule has 0 saturated carbocycles. The molecule has 0 atom stereocenters. The topological polar surface area (TPSA) is 76.7 Å². The van der Waals surface area contributed by atoms with Crippen molar-refractivity contribution in [2.75, 3.05) is 23.8 Å². The number of rotatable bonds is 4. The highest BCUT2D eigenvalue weighted by Gasteiger charge is 2.08. The van der Waals surface area contributed by atoms with Crippen molar-refractivity contribution in [3.63, 3.8) is 0 Å². The second-order valence-electron chi connectivity index (χ2n) is 3.48. The molecule has 19 heavy (non-hydrogen) atoms. The lowest BCUT2D eigenvalue weighted by molar-refractivity contribution is 0.173. The summed E-state index contributed by atoms with van der Waals surface area (Å²) in [5.74, 6) is 0. The van der Waals surface area contributed by atoms with Crippen molar-refractivity contribution in [1.29, 1.82) is 0 Å². The van der Waals surface area contributed by atoms with Crippen LogP contribution in [-0.4, -0.2) is 25.4 Å². The van der Waals surface area contributed by atoms with Crippen molar-refractivity contribution in [3.05, 3.63) is 37.6 Å². The predicted octanol–water partition coefficient (Wildman–Crippen LogP) is 2.51. The third-order valence-corrected chi connectivity index (χ3v) is 2.15. The zero-order valence-corrected chi connectivity index (χ0v) is 10.4. The van der Waals surface area contributed by atoms with E-state index in [0.717, 1.165) is 5.56 Å². The molecule has 100 valence electrons. The standard InChI is InChI=1S/C13H14N2O4/c1-4-18-12(16)14-10-7-6-9(3)11(8-10)15-13(17)19-5-2/h1-2,6-8H,4-5H2,3H3,(H,14,16)(H,15,17). The second-order valence-corrected chi connectivity index (χ2v) is 3.48. The van der Waals surface area contributed by atoms with Crippen molar-refractivity contribution in [3.8, 4) is 0 Å². The molecule has 0 fully saturated rings. The fraction of sp³-hybridized carbons (Fsp3) is 0.231. The summed E-state index contributed by atoms with van der Waals surface area (Å²) >= 11 is 0. The molecule has 0 spiro atoms. The molecule has 6 heteroatoms. The van der Waals surface area contributed by atoms with Gasteiger partial charge in [-0.15, -0.1) is 0 Å². The summed E-state index contributed by atoms with van der Waals surface area (Å²) in [6, 6.07) is 4.94. The highest BCUT2D eigenvalue weighted by molar-refractivity contribution is 5.89. The quantitative estimate of drug-likeness (QED) is 0.874. The highest BCUT2D eigenvalue weighted by Crippen LogP contribution is 2.20. The number of ether oxygens (including phenoxy) is 2. The average molecular weight is 262 g/mol. The number of hydrogen-bond acceptors (Lipinski definition) is 4. The van der Waals surface area contributed by atoms with Gasteiger partial charge in [0.25, 0.3) is 0 Å². The SMILES string of the molecule is [CH]COC(=O)Nc1ccc(C)c(NC(=O)OC[CH])c1. The minimum atomic E-state index is -0.679. The molecule has 1 aromatic rings. The average Bonchev–Trinajstić information content (AvgIpc) is 2.34. The Morgan fingerprint density at radius 2 is 1.68 bits per heavy atom. The number of anilines is 2. The van der Waals surface area contributed by atoms with Gasteiger partial charge in [-0.1, -0.05) is 6.07 Å². The predicted molar refractivity (Wildman–Crippen MR) is 69.7 cm³/mol. The first-order valence-corrected chi connectivity index (χ1v) is 5.45. The number of carbonyl (C=O) groups excluding carboxylic acids is 2. The zero-order valence-electron chi connectivity index (χ0n) is 10.4. The van der Waals surface area contributed by atoms with Crippen LogP contribution in [-0.2, 0) is 9.47 Å². The van der Waals surface area contributed by atoms with E-state index >= 15 is 0 Å². The lowest BCUT2D eigenvalue weighted by atomic mass is 10.2. The number of hydrogen-bond donors (Lipinski definition) is 2. The number of carbonyl (C=O) groups is 2. The Labute approximate surface area is 112 Å². The van der Waals surface area contributed by atoms with E-state index in [4.69, 9.17) is 13.8 Å². The van der Waals surface area contributed by atoms with Crippen LogP contribution < -0.4 is 10.6 Å². The lowest BCUT2D eigenvalue weighted by Gasteiger charge is -2.11. The van der Waals surface area contributed by atoms with Crippen LogP contribution in [0.2, 0.25) is 0 Å². The van der Waals surface area contributed by atoms with E-state index in [9.17, 15) is 9.59 Å². The molecule has 0 aromatic heterocycles. The van der Waals surface area contributed by atoms with E-state index < -0.39 is 12.2 Å². The minimum absolute atomic E-state index is 0.217. The third-order valence-electron chi connectivity index (χ3n) is 2.15. The first kappa shape index (κ1) is 14.8. The highest BCUT2D eigenvalue weighted by atomic mass is 16.6. The Bertz CT molecular complexity index is 460. The molecular weight excluding hydrogens is 248 g/mol. The fourth-order valence-corrected chi connectivity index (χ4v) is 1.29. The summed E-state index contributed by atoms with van der Waals surface area (Å²) in [5, 5.41) is 4.96. The van der Waals surface area contributed by atoms with Crippen molar-refractivity contribution in [1.82, 2.24) is 0 Å². The van der Waals surface area contributed by atoms with Gasteiger partial charge in [0.2, 0.25) is 0 Å². The summed E-state index contributed by atoms with van der Waals surface area (Å²) in [4.78, 5) is 22.5.